The van der Waals surface area contributed by atoms with Crippen molar-refractivity contribution in [2.75, 3.05) is 20.3 Å². The van der Waals surface area contributed by atoms with Crippen LogP contribution in [-0.2, 0) is 11.3 Å². The van der Waals surface area contributed by atoms with Crippen molar-refractivity contribution in [3.05, 3.63) is 48.3 Å². The molecule has 0 atom stereocenters. The van der Waals surface area contributed by atoms with Crippen LogP contribution in [0.3, 0.4) is 0 Å². The molecule has 1 aromatic heterocycles. The van der Waals surface area contributed by atoms with Gasteiger partial charge in [0.2, 0.25) is 0 Å². The Kier molecular flexibility index (Phi) is 6.27. The molecule has 1 N–H and O–H groups in total. The van der Waals surface area contributed by atoms with E-state index in [1.54, 1.807) is 7.11 Å². The second-order valence-electron chi connectivity index (χ2n) is 4.82. The maximum absolute atomic E-state index is 5.03. The predicted octanol–water partition coefficient (Wildman–Crippen LogP) is 2.78. The zero-order chi connectivity index (χ0) is 14.0. The summed E-state index contributed by atoms with van der Waals surface area (Å²) < 4.78 is 6.94. The van der Waals surface area contributed by atoms with E-state index in [0.29, 0.717) is 0 Å². The minimum absolute atomic E-state index is 0.824. The summed E-state index contributed by atoms with van der Waals surface area (Å²) in [6.45, 7) is 2.72. The number of aromatic nitrogens is 2. The Balaban J connectivity index is 1.69. The summed E-state index contributed by atoms with van der Waals surface area (Å²) in [7, 11) is 1.75. The van der Waals surface area contributed by atoms with Crippen molar-refractivity contribution in [3.63, 3.8) is 0 Å². The summed E-state index contributed by atoms with van der Waals surface area (Å²) in [6.07, 6.45) is 5.54. The molecule has 0 saturated carbocycles. The molecule has 4 nitrogen and oxygen atoms in total. The quantitative estimate of drug-likeness (QED) is 0.714. The number of hydrogen-bond acceptors (Lipinski definition) is 3. The zero-order valence-electron chi connectivity index (χ0n) is 12.1. The van der Waals surface area contributed by atoms with Gasteiger partial charge in [0, 0.05) is 26.5 Å². The van der Waals surface area contributed by atoms with E-state index in [4.69, 9.17) is 4.74 Å². The van der Waals surface area contributed by atoms with Crippen molar-refractivity contribution in [3.8, 4) is 5.69 Å². The normalized spacial score (nSPS) is 10.8. The molecule has 0 saturated heterocycles. The molecule has 4 heteroatoms. The molecule has 0 aliphatic heterocycles. The van der Waals surface area contributed by atoms with Gasteiger partial charge in [0.05, 0.1) is 11.4 Å². The number of benzene rings is 1. The maximum Gasteiger partial charge on any atom is 0.0766 e. The van der Waals surface area contributed by atoms with Crippen molar-refractivity contribution < 1.29 is 4.74 Å². The number of ether oxygens (including phenoxy) is 1. The van der Waals surface area contributed by atoms with E-state index in [1.165, 1.54) is 12.8 Å². The lowest BCUT2D eigenvalue weighted by molar-refractivity contribution is 0.192. The second kappa shape index (κ2) is 8.51. The van der Waals surface area contributed by atoms with Gasteiger partial charge in [-0.25, -0.2) is 4.68 Å². The highest BCUT2D eigenvalue weighted by molar-refractivity contribution is 5.30. The molecule has 0 fully saturated rings. The van der Waals surface area contributed by atoms with Crippen LogP contribution in [0.5, 0.6) is 0 Å². The summed E-state index contributed by atoms with van der Waals surface area (Å²) in [5, 5.41) is 7.99. The number of nitrogens with zero attached hydrogens (tertiary/aromatic N) is 2. The van der Waals surface area contributed by atoms with E-state index in [9.17, 15) is 0 Å². The van der Waals surface area contributed by atoms with Gasteiger partial charge in [-0.3, -0.25) is 0 Å². The van der Waals surface area contributed by atoms with E-state index in [1.807, 2.05) is 29.1 Å². The molecular weight excluding hydrogens is 250 g/mol. The molecule has 0 aliphatic rings. The van der Waals surface area contributed by atoms with Crippen LogP contribution in [0.25, 0.3) is 5.69 Å². The largest absolute Gasteiger partial charge is 0.385 e. The second-order valence-corrected chi connectivity index (χ2v) is 4.82. The molecule has 1 aromatic carbocycles. The highest BCUT2D eigenvalue weighted by Crippen LogP contribution is 2.06. The molecular formula is C16H23N3O. The SMILES string of the molecule is COCCCCCNCc1ccn(-c2ccccc2)n1. The molecule has 1 heterocycles. The molecule has 0 amide bonds. The van der Waals surface area contributed by atoms with Crippen molar-refractivity contribution in [1.29, 1.82) is 0 Å². The standard InChI is InChI=1S/C16H23N3O/c1-20-13-7-3-6-11-17-14-15-10-12-19(18-15)16-8-4-2-5-9-16/h2,4-5,8-10,12,17H,3,6-7,11,13-14H2,1H3. The monoisotopic (exact) mass is 273 g/mol. The predicted molar refractivity (Wildman–Crippen MR) is 81.0 cm³/mol. The van der Waals surface area contributed by atoms with Gasteiger partial charge in [-0.2, -0.15) is 5.10 Å². The minimum atomic E-state index is 0.824. The van der Waals surface area contributed by atoms with Gasteiger partial charge < -0.3 is 10.1 Å². The van der Waals surface area contributed by atoms with Gasteiger partial charge in [-0.05, 0) is 44.0 Å². The van der Waals surface area contributed by atoms with Crippen LogP contribution in [0.15, 0.2) is 42.6 Å². The fourth-order valence-electron chi connectivity index (χ4n) is 2.07. The smallest absolute Gasteiger partial charge is 0.0766 e. The first-order valence-electron chi connectivity index (χ1n) is 7.20. The van der Waals surface area contributed by atoms with Crippen LogP contribution in [0.4, 0.5) is 0 Å². The van der Waals surface area contributed by atoms with Crippen molar-refractivity contribution in [1.82, 2.24) is 15.1 Å². The number of nitrogens with one attached hydrogen (secondary N) is 1. The van der Waals surface area contributed by atoms with E-state index in [0.717, 1.165) is 37.5 Å². The third-order valence-electron chi connectivity index (χ3n) is 3.17. The van der Waals surface area contributed by atoms with Crippen molar-refractivity contribution in [2.24, 2.45) is 0 Å². The van der Waals surface area contributed by atoms with Crippen LogP contribution in [0.1, 0.15) is 25.0 Å². The van der Waals surface area contributed by atoms with Gasteiger partial charge in [-0.1, -0.05) is 18.2 Å². The molecule has 0 unspecified atom stereocenters. The van der Waals surface area contributed by atoms with Crippen LogP contribution in [-0.4, -0.2) is 30.0 Å². The van der Waals surface area contributed by atoms with Crippen LogP contribution >= 0.6 is 0 Å². The summed E-state index contributed by atoms with van der Waals surface area (Å²) >= 11 is 0. The van der Waals surface area contributed by atoms with Gasteiger partial charge >= 0.3 is 0 Å². The lowest BCUT2D eigenvalue weighted by atomic mass is 10.2. The van der Waals surface area contributed by atoms with Crippen molar-refractivity contribution >= 4 is 0 Å². The summed E-state index contributed by atoms with van der Waals surface area (Å²) in [5.41, 5.74) is 2.17. The fourth-order valence-corrected chi connectivity index (χ4v) is 2.07. The molecule has 0 aliphatic carbocycles. The maximum atomic E-state index is 5.03. The average Bonchev–Trinajstić information content (AvgIpc) is 2.96. The Morgan fingerprint density at radius 3 is 2.75 bits per heavy atom. The van der Waals surface area contributed by atoms with E-state index in [-0.39, 0.29) is 0 Å². The highest BCUT2D eigenvalue weighted by atomic mass is 16.5. The third kappa shape index (κ3) is 4.79. The first kappa shape index (κ1) is 14.8. The third-order valence-corrected chi connectivity index (χ3v) is 3.17. The highest BCUT2D eigenvalue weighted by Gasteiger charge is 2.00. The lowest BCUT2D eigenvalue weighted by Gasteiger charge is -2.03. The fraction of sp³-hybridized carbons (Fsp3) is 0.438. The minimum Gasteiger partial charge on any atom is -0.385 e. The van der Waals surface area contributed by atoms with Crippen LogP contribution in [0.2, 0.25) is 0 Å². The summed E-state index contributed by atoms with van der Waals surface area (Å²) in [5.74, 6) is 0. The molecule has 2 aromatic rings. The van der Waals surface area contributed by atoms with Gasteiger partial charge in [0.1, 0.15) is 0 Å². The number of hydrogen-bond donors (Lipinski definition) is 1. The van der Waals surface area contributed by atoms with Gasteiger partial charge in [0.25, 0.3) is 0 Å². The zero-order valence-corrected chi connectivity index (χ0v) is 12.1. The molecule has 20 heavy (non-hydrogen) atoms. The number of para-hydroxylation sites is 1. The Labute approximate surface area is 120 Å². The lowest BCUT2D eigenvalue weighted by Crippen LogP contribution is -2.15. The van der Waals surface area contributed by atoms with E-state index >= 15 is 0 Å². The Hall–Kier alpha value is -1.65. The van der Waals surface area contributed by atoms with Crippen LogP contribution in [0, 0.1) is 0 Å². The first-order chi connectivity index (χ1) is 9.90. The molecule has 108 valence electrons. The molecule has 0 radical (unpaired) electrons. The van der Waals surface area contributed by atoms with Crippen LogP contribution < -0.4 is 5.32 Å². The number of unbranched alkanes of at least 4 members (excludes halogenated alkanes) is 2. The van der Waals surface area contributed by atoms with E-state index in [2.05, 4.69) is 28.6 Å². The van der Waals surface area contributed by atoms with Gasteiger partial charge in [-0.15, -0.1) is 0 Å². The summed E-state index contributed by atoms with van der Waals surface area (Å²) in [6, 6.07) is 12.2. The molecule has 0 bridgehead atoms. The first-order valence-corrected chi connectivity index (χ1v) is 7.20. The molecule has 0 spiro atoms. The van der Waals surface area contributed by atoms with E-state index < -0.39 is 0 Å². The summed E-state index contributed by atoms with van der Waals surface area (Å²) in [4.78, 5) is 0. The number of methoxy groups -OCH3 is 1. The Morgan fingerprint density at radius 1 is 1.10 bits per heavy atom. The Bertz CT molecular complexity index is 481. The topological polar surface area (TPSA) is 39.1 Å². The number of rotatable bonds is 9. The van der Waals surface area contributed by atoms with Gasteiger partial charge in [0.15, 0.2) is 0 Å². The van der Waals surface area contributed by atoms with Crippen molar-refractivity contribution in [2.45, 2.75) is 25.8 Å². The Morgan fingerprint density at radius 2 is 1.95 bits per heavy atom. The average molecular weight is 273 g/mol. The molecule has 2 rings (SSSR count).